The number of halogens is 1. The van der Waals surface area contributed by atoms with Crippen LogP contribution in [0.5, 0.6) is 0 Å². The lowest BCUT2D eigenvalue weighted by Gasteiger charge is -2.32. The van der Waals surface area contributed by atoms with E-state index in [4.69, 9.17) is 5.26 Å². The first-order valence-corrected chi connectivity index (χ1v) is 7.08. The van der Waals surface area contributed by atoms with Crippen LogP contribution in [-0.2, 0) is 0 Å². The predicted molar refractivity (Wildman–Crippen MR) is 75.4 cm³/mol. The second-order valence-electron chi connectivity index (χ2n) is 4.94. The Bertz CT molecular complexity index is 461. The van der Waals surface area contributed by atoms with Gasteiger partial charge in [0.2, 0.25) is 0 Å². The maximum Gasteiger partial charge on any atom is 0.101 e. The van der Waals surface area contributed by atoms with Gasteiger partial charge in [-0.15, -0.1) is 0 Å². The molecule has 0 spiro atoms. The summed E-state index contributed by atoms with van der Waals surface area (Å²) in [5.41, 5.74) is 0.779. The summed E-state index contributed by atoms with van der Waals surface area (Å²) in [5, 5.41) is 22.7. The number of nitrogens with zero attached hydrogens (tertiary/aromatic N) is 1. The minimum atomic E-state index is -0.613. The van der Waals surface area contributed by atoms with Gasteiger partial charge < -0.3 is 10.4 Å². The van der Waals surface area contributed by atoms with E-state index < -0.39 is 5.60 Å². The number of hydrogen-bond acceptors (Lipinski definition) is 3. The molecule has 2 rings (SSSR count). The van der Waals surface area contributed by atoms with Gasteiger partial charge in [0.05, 0.1) is 16.9 Å². The lowest BCUT2D eigenvalue weighted by atomic mass is 9.85. The van der Waals surface area contributed by atoms with Gasteiger partial charge in [-0.2, -0.15) is 5.26 Å². The van der Waals surface area contributed by atoms with Crippen molar-refractivity contribution >= 4 is 21.6 Å². The summed E-state index contributed by atoms with van der Waals surface area (Å²) >= 11 is 3.35. The van der Waals surface area contributed by atoms with Crippen LogP contribution < -0.4 is 5.32 Å². The first-order valence-electron chi connectivity index (χ1n) is 6.29. The van der Waals surface area contributed by atoms with Crippen LogP contribution in [0.15, 0.2) is 22.7 Å². The fraction of sp³-hybridized carbons (Fsp3) is 0.500. The van der Waals surface area contributed by atoms with E-state index in [9.17, 15) is 5.11 Å². The van der Waals surface area contributed by atoms with E-state index in [1.165, 1.54) is 6.42 Å². The van der Waals surface area contributed by atoms with Crippen molar-refractivity contribution in [2.75, 3.05) is 11.9 Å². The monoisotopic (exact) mass is 308 g/mol. The smallest absolute Gasteiger partial charge is 0.101 e. The Hall–Kier alpha value is -1.05. The van der Waals surface area contributed by atoms with Crippen LogP contribution in [0.2, 0.25) is 0 Å². The zero-order valence-electron chi connectivity index (χ0n) is 10.2. The molecule has 0 amide bonds. The molecule has 0 bridgehead atoms. The summed E-state index contributed by atoms with van der Waals surface area (Å²) in [6.07, 6.45) is 5.08. The van der Waals surface area contributed by atoms with Gasteiger partial charge >= 0.3 is 0 Å². The van der Waals surface area contributed by atoms with Crippen molar-refractivity contribution in [2.24, 2.45) is 0 Å². The van der Waals surface area contributed by atoms with E-state index in [1.807, 2.05) is 12.1 Å². The Kier molecular flexibility index (Phi) is 4.26. The molecule has 18 heavy (non-hydrogen) atoms. The van der Waals surface area contributed by atoms with Gasteiger partial charge in [-0.1, -0.05) is 35.2 Å². The third-order valence-corrected chi connectivity index (χ3v) is 3.99. The Labute approximate surface area is 116 Å². The molecule has 1 aliphatic rings. The predicted octanol–water partition coefficient (Wildman–Crippen LogP) is 3.43. The third kappa shape index (κ3) is 3.24. The number of nitriles is 1. The maximum atomic E-state index is 10.4. The van der Waals surface area contributed by atoms with Crippen LogP contribution in [0.3, 0.4) is 0 Å². The van der Waals surface area contributed by atoms with Crippen molar-refractivity contribution in [1.82, 2.24) is 0 Å². The molecular formula is C14H17BrN2O. The zero-order chi connectivity index (χ0) is 13.0. The van der Waals surface area contributed by atoms with Gasteiger partial charge in [-0.05, 0) is 31.0 Å². The number of anilines is 1. The number of aliphatic hydroxyl groups is 1. The Balaban J connectivity index is 2.04. The number of hydrogen-bond donors (Lipinski definition) is 2. The molecule has 4 heteroatoms. The van der Waals surface area contributed by atoms with Gasteiger partial charge in [0.15, 0.2) is 0 Å². The minimum Gasteiger partial charge on any atom is -0.388 e. The van der Waals surface area contributed by atoms with Crippen molar-refractivity contribution in [3.05, 3.63) is 28.2 Å². The van der Waals surface area contributed by atoms with Crippen LogP contribution >= 0.6 is 15.9 Å². The molecule has 0 atom stereocenters. The maximum absolute atomic E-state index is 10.4. The van der Waals surface area contributed by atoms with Gasteiger partial charge in [0.1, 0.15) is 6.07 Å². The summed E-state index contributed by atoms with van der Waals surface area (Å²) in [6, 6.07) is 7.71. The van der Waals surface area contributed by atoms with Gasteiger partial charge in [-0.3, -0.25) is 0 Å². The van der Waals surface area contributed by atoms with E-state index in [2.05, 4.69) is 27.3 Å². The molecule has 2 N–H and O–H groups in total. The molecule has 0 aliphatic heterocycles. The molecule has 96 valence electrons. The molecule has 1 saturated carbocycles. The van der Waals surface area contributed by atoms with E-state index in [0.29, 0.717) is 12.1 Å². The lowest BCUT2D eigenvalue weighted by molar-refractivity contribution is 0.0167. The Morgan fingerprint density at radius 2 is 2.06 bits per heavy atom. The summed E-state index contributed by atoms with van der Waals surface area (Å²) in [5.74, 6) is 0. The van der Waals surface area contributed by atoms with E-state index in [0.717, 1.165) is 35.8 Å². The Morgan fingerprint density at radius 3 is 2.72 bits per heavy atom. The molecule has 0 unspecified atom stereocenters. The van der Waals surface area contributed by atoms with Crippen molar-refractivity contribution in [1.29, 1.82) is 5.26 Å². The number of rotatable bonds is 3. The quantitative estimate of drug-likeness (QED) is 0.899. The highest BCUT2D eigenvalue weighted by molar-refractivity contribution is 9.10. The molecule has 0 radical (unpaired) electrons. The normalized spacial score (nSPS) is 18.1. The van der Waals surface area contributed by atoms with Crippen LogP contribution in [0.1, 0.15) is 37.7 Å². The van der Waals surface area contributed by atoms with Gasteiger partial charge in [-0.25, -0.2) is 0 Å². The molecule has 1 fully saturated rings. The Morgan fingerprint density at radius 1 is 1.33 bits per heavy atom. The average molecular weight is 309 g/mol. The van der Waals surface area contributed by atoms with Gasteiger partial charge in [0.25, 0.3) is 0 Å². The van der Waals surface area contributed by atoms with Crippen LogP contribution in [0.25, 0.3) is 0 Å². The summed E-state index contributed by atoms with van der Waals surface area (Å²) in [7, 11) is 0. The highest BCUT2D eigenvalue weighted by Gasteiger charge is 2.28. The summed E-state index contributed by atoms with van der Waals surface area (Å²) < 4.78 is 0.890. The van der Waals surface area contributed by atoms with Gasteiger partial charge in [0, 0.05) is 11.0 Å². The zero-order valence-corrected chi connectivity index (χ0v) is 11.8. The fourth-order valence-corrected chi connectivity index (χ4v) is 2.77. The van der Waals surface area contributed by atoms with Crippen molar-refractivity contribution < 1.29 is 5.11 Å². The first kappa shape index (κ1) is 13.4. The van der Waals surface area contributed by atoms with E-state index >= 15 is 0 Å². The molecule has 0 aromatic heterocycles. The summed E-state index contributed by atoms with van der Waals surface area (Å²) in [4.78, 5) is 0. The van der Waals surface area contributed by atoms with E-state index in [-0.39, 0.29) is 0 Å². The molecule has 0 heterocycles. The molecule has 1 aromatic carbocycles. The molecule has 0 saturated heterocycles. The largest absolute Gasteiger partial charge is 0.388 e. The number of benzene rings is 1. The third-order valence-electron chi connectivity index (χ3n) is 3.49. The second-order valence-corrected chi connectivity index (χ2v) is 5.86. The number of nitrogens with one attached hydrogen (secondary N) is 1. The molecule has 1 aliphatic carbocycles. The SMILES string of the molecule is N#Cc1cc(Br)ccc1NCC1(O)CCCCC1. The van der Waals surface area contributed by atoms with Crippen LogP contribution in [-0.4, -0.2) is 17.3 Å². The molecule has 3 nitrogen and oxygen atoms in total. The van der Waals surface area contributed by atoms with Crippen molar-refractivity contribution in [3.8, 4) is 6.07 Å². The molecule has 1 aromatic rings. The minimum absolute atomic E-state index is 0.517. The van der Waals surface area contributed by atoms with Crippen LogP contribution in [0.4, 0.5) is 5.69 Å². The topological polar surface area (TPSA) is 56.0 Å². The van der Waals surface area contributed by atoms with E-state index in [1.54, 1.807) is 6.07 Å². The second kappa shape index (κ2) is 5.73. The standard InChI is InChI=1S/C14H17BrN2O/c15-12-4-5-13(11(8-12)9-16)17-10-14(18)6-2-1-3-7-14/h4-5,8,17-18H,1-3,6-7,10H2. The highest BCUT2D eigenvalue weighted by Crippen LogP contribution is 2.29. The molecular weight excluding hydrogens is 292 g/mol. The van der Waals surface area contributed by atoms with Crippen molar-refractivity contribution in [3.63, 3.8) is 0 Å². The highest BCUT2D eigenvalue weighted by atomic mass is 79.9. The first-order chi connectivity index (χ1) is 8.63. The van der Waals surface area contributed by atoms with Crippen LogP contribution in [0, 0.1) is 11.3 Å². The summed E-state index contributed by atoms with van der Waals surface area (Å²) in [6.45, 7) is 0.517. The average Bonchev–Trinajstić information content (AvgIpc) is 2.38. The lowest BCUT2D eigenvalue weighted by Crippen LogP contribution is -2.38. The fourth-order valence-electron chi connectivity index (χ4n) is 2.41. The van der Waals surface area contributed by atoms with Crippen molar-refractivity contribution in [2.45, 2.75) is 37.7 Å².